The number of carbonyl (C=O) groups is 1. The molecule has 69 heavy (non-hydrogen) atoms. The SMILES string of the molecule is CCCCCCC/C=C/CCCC(O)C(O)C(COC1OC(CO)C(O)C(O)C1O)NC(=O)C(O)CCCCCCCCCCCCCCCCCC/C=C\C/C=C\CCCCCCCCCCC. The van der Waals surface area contributed by atoms with Crippen LogP contribution in [0, 0.1) is 0 Å². The molecule has 0 aromatic heterocycles. The lowest BCUT2D eigenvalue weighted by atomic mass is 9.98. The third-order valence-corrected chi connectivity index (χ3v) is 13.9. The molecule has 1 rings (SSSR count). The number of nitrogens with one attached hydrogen (secondary N) is 1. The predicted octanol–water partition coefficient (Wildman–Crippen LogP) is 11.9. The maximum atomic E-state index is 13.1. The number of carbonyl (C=O) groups excluding carboxylic acids is 1. The summed E-state index contributed by atoms with van der Waals surface area (Å²) < 4.78 is 11.1. The zero-order chi connectivity index (χ0) is 50.4. The number of aliphatic hydroxyl groups is 7. The lowest BCUT2D eigenvalue weighted by Crippen LogP contribution is -2.60. The van der Waals surface area contributed by atoms with E-state index in [1.165, 1.54) is 173 Å². The Kier molecular flexibility index (Phi) is 44.8. The molecule has 11 nitrogen and oxygen atoms in total. The highest BCUT2D eigenvalue weighted by molar-refractivity contribution is 5.80. The summed E-state index contributed by atoms with van der Waals surface area (Å²) in [6.07, 6.45) is 46.7. The third-order valence-electron chi connectivity index (χ3n) is 13.9. The number of ether oxygens (including phenoxy) is 2. The van der Waals surface area contributed by atoms with Gasteiger partial charge in [0.25, 0.3) is 0 Å². The van der Waals surface area contributed by atoms with Crippen molar-refractivity contribution in [3.05, 3.63) is 36.5 Å². The van der Waals surface area contributed by atoms with Crippen LogP contribution in [0.1, 0.15) is 258 Å². The molecule has 11 heteroatoms. The Hall–Kier alpha value is -1.67. The minimum Gasteiger partial charge on any atom is -0.394 e. The molecular weight excluding hydrogens is 871 g/mol. The van der Waals surface area contributed by atoms with Crippen molar-refractivity contribution in [1.82, 2.24) is 5.32 Å². The van der Waals surface area contributed by atoms with Gasteiger partial charge in [0, 0.05) is 0 Å². The number of aliphatic hydroxyl groups excluding tert-OH is 7. The first-order valence-electron chi connectivity index (χ1n) is 28.9. The molecule has 0 bridgehead atoms. The molecule has 1 aliphatic heterocycles. The van der Waals surface area contributed by atoms with Gasteiger partial charge in [-0.15, -0.1) is 0 Å². The summed E-state index contributed by atoms with van der Waals surface area (Å²) in [5.74, 6) is -0.706. The van der Waals surface area contributed by atoms with Gasteiger partial charge in [-0.2, -0.15) is 0 Å². The Morgan fingerprint density at radius 2 is 0.899 bits per heavy atom. The van der Waals surface area contributed by atoms with Gasteiger partial charge < -0.3 is 50.5 Å². The maximum Gasteiger partial charge on any atom is 0.249 e. The van der Waals surface area contributed by atoms with Gasteiger partial charge in [0.05, 0.1) is 25.4 Å². The summed E-state index contributed by atoms with van der Waals surface area (Å²) in [6, 6.07) is -1.18. The predicted molar refractivity (Wildman–Crippen MR) is 284 cm³/mol. The average Bonchev–Trinajstić information content (AvgIpc) is 3.35. The van der Waals surface area contributed by atoms with Crippen LogP contribution in [0.5, 0.6) is 0 Å². The van der Waals surface area contributed by atoms with Gasteiger partial charge in [-0.1, -0.05) is 224 Å². The Labute approximate surface area is 422 Å². The first-order valence-corrected chi connectivity index (χ1v) is 28.9. The van der Waals surface area contributed by atoms with Crippen LogP contribution in [-0.4, -0.2) is 110 Å². The van der Waals surface area contributed by atoms with E-state index in [0.29, 0.717) is 12.8 Å². The lowest BCUT2D eigenvalue weighted by molar-refractivity contribution is -0.303. The molecule has 0 spiro atoms. The Morgan fingerprint density at radius 1 is 0.507 bits per heavy atom. The van der Waals surface area contributed by atoms with E-state index in [4.69, 9.17) is 9.47 Å². The number of hydrogen-bond acceptors (Lipinski definition) is 10. The molecule has 1 amide bonds. The Morgan fingerprint density at radius 3 is 1.33 bits per heavy atom. The van der Waals surface area contributed by atoms with Gasteiger partial charge >= 0.3 is 0 Å². The Bertz CT molecular complexity index is 1210. The molecule has 1 fully saturated rings. The van der Waals surface area contributed by atoms with E-state index in [0.717, 1.165) is 44.9 Å². The van der Waals surface area contributed by atoms with Crippen molar-refractivity contribution in [2.45, 2.75) is 313 Å². The molecule has 0 aromatic carbocycles. The molecule has 1 aliphatic rings. The van der Waals surface area contributed by atoms with Crippen LogP contribution >= 0.6 is 0 Å². The largest absolute Gasteiger partial charge is 0.394 e. The Balaban J connectivity index is 2.18. The van der Waals surface area contributed by atoms with Gasteiger partial charge in [-0.3, -0.25) is 4.79 Å². The molecule has 1 saturated heterocycles. The van der Waals surface area contributed by atoms with E-state index in [1.807, 2.05) is 0 Å². The van der Waals surface area contributed by atoms with E-state index in [1.54, 1.807) is 0 Å². The molecule has 9 atom stereocenters. The smallest absolute Gasteiger partial charge is 0.249 e. The highest BCUT2D eigenvalue weighted by Gasteiger charge is 2.44. The normalized spacial score (nSPS) is 20.6. The van der Waals surface area contributed by atoms with Gasteiger partial charge in [-0.25, -0.2) is 0 Å². The fourth-order valence-electron chi connectivity index (χ4n) is 9.18. The van der Waals surface area contributed by atoms with E-state index >= 15 is 0 Å². The molecule has 0 aliphatic carbocycles. The van der Waals surface area contributed by atoms with Crippen molar-refractivity contribution >= 4 is 5.91 Å². The fourth-order valence-corrected chi connectivity index (χ4v) is 9.18. The fraction of sp³-hybridized carbons (Fsp3) is 0.879. The minimum atomic E-state index is -1.67. The number of allylic oxidation sites excluding steroid dienone is 6. The van der Waals surface area contributed by atoms with Crippen LogP contribution in [0.4, 0.5) is 0 Å². The van der Waals surface area contributed by atoms with Crippen LogP contribution in [-0.2, 0) is 14.3 Å². The highest BCUT2D eigenvalue weighted by atomic mass is 16.7. The number of rotatable bonds is 49. The van der Waals surface area contributed by atoms with Crippen molar-refractivity contribution in [1.29, 1.82) is 0 Å². The molecule has 0 saturated carbocycles. The summed E-state index contributed by atoms with van der Waals surface area (Å²) >= 11 is 0. The second-order valence-electron chi connectivity index (χ2n) is 20.4. The maximum absolute atomic E-state index is 13.1. The first kappa shape index (κ1) is 65.3. The standard InChI is InChI=1S/C58H109NO10/c1-3-5-7-9-11-13-15-16-17-18-19-20-21-22-23-24-25-26-27-28-29-30-31-32-33-34-35-36-38-40-42-44-46-51(62)57(67)59-49(48-68-58-56(66)55(65)54(64)52(47-60)69-58)53(63)50(61)45-43-41-39-37-14-12-10-8-6-4-2/h19-20,22-23,37,39,49-56,58,60-66H,3-18,21,24-36,38,40-48H2,1-2H3,(H,59,67)/b20-19-,23-22-,39-37+. The zero-order valence-electron chi connectivity index (χ0n) is 44.3. The molecule has 8 N–H and O–H groups in total. The third kappa shape index (κ3) is 36.0. The van der Waals surface area contributed by atoms with E-state index in [-0.39, 0.29) is 12.8 Å². The lowest BCUT2D eigenvalue weighted by Gasteiger charge is -2.40. The number of unbranched alkanes of at least 4 members (excludes halogenated alkanes) is 31. The van der Waals surface area contributed by atoms with Crippen molar-refractivity contribution in [3.63, 3.8) is 0 Å². The minimum absolute atomic E-state index is 0.255. The summed E-state index contributed by atoms with van der Waals surface area (Å²) in [4.78, 5) is 13.1. The second-order valence-corrected chi connectivity index (χ2v) is 20.4. The molecule has 9 unspecified atom stereocenters. The van der Waals surface area contributed by atoms with Crippen LogP contribution in [0.2, 0.25) is 0 Å². The quantitative estimate of drug-likeness (QED) is 0.0215. The van der Waals surface area contributed by atoms with Gasteiger partial charge in [0.15, 0.2) is 6.29 Å². The van der Waals surface area contributed by atoms with Crippen molar-refractivity contribution in [3.8, 4) is 0 Å². The zero-order valence-corrected chi connectivity index (χ0v) is 44.3. The van der Waals surface area contributed by atoms with E-state index in [2.05, 4.69) is 55.6 Å². The first-order chi connectivity index (χ1) is 33.7. The summed E-state index contributed by atoms with van der Waals surface area (Å²) in [6.45, 7) is 3.41. The second kappa shape index (κ2) is 47.3. The molecule has 0 aromatic rings. The van der Waals surface area contributed by atoms with E-state index in [9.17, 15) is 40.5 Å². The van der Waals surface area contributed by atoms with Crippen molar-refractivity contribution in [2.75, 3.05) is 13.2 Å². The van der Waals surface area contributed by atoms with Gasteiger partial charge in [-0.05, 0) is 70.6 Å². The monoisotopic (exact) mass is 980 g/mol. The van der Waals surface area contributed by atoms with Crippen molar-refractivity contribution < 1.29 is 50.0 Å². The topological polar surface area (TPSA) is 189 Å². The molecule has 1 heterocycles. The summed E-state index contributed by atoms with van der Waals surface area (Å²) in [7, 11) is 0. The number of amides is 1. The molecule has 0 radical (unpaired) electrons. The highest BCUT2D eigenvalue weighted by Crippen LogP contribution is 2.23. The summed E-state index contributed by atoms with van der Waals surface area (Å²) in [5, 5.41) is 75.8. The van der Waals surface area contributed by atoms with Crippen molar-refractivity contribution in [2.24, 2.45) is 0 Å². The summed E-state index contributed by atoms with van der Waals surface area (Å²) in [5.41, 5.74) is 0. The number of hydrogen-bond donors (Lipinski definition) is 8. The van der Waals surface area contributed by atoms with E-state index < -0.39 is 74.2 Å². The van der Waals surface area contributed by atoms with Crippen LogP contribution in [0.15, 0.2) is 36.5 Å². The van der Waals surface area contributed by atoms with Gasteiger partial charge in [0.1, 0.15) is 36.6 Å². The van der Waals surface area contributed by atoms with Crippen LogP contribution in [0.25, 0.3) is 0 Å². The van der Waals surface area contributed by atoms with Gasteiger partial charge in [0.2, 0.25) is 5.91 Å². The van der Waals surface area contributed by atoms with Crippen LogP contribution in [0.3, 0.4) is 0 Å². The molecule has 406 valence electrons. The molecular formula is C58H109NO10. The van der Waals surface area contributed by atoms with Crippen LogP contribution < -0.4 is 5.32 Å². The average molecular weight is 981 g/mol.